The molecule has 0 aromatic heterocycles. The molecule has 2 aromatic rings. The number of nitrogens with one attached hydrogen (secondary N) is 1. The van der Waals surface area contributed by atoms with Gasteiger partial charge in [-0.25, -0.2) is 13.6 Å². The molecule has 0 spiro atoms. The van der Waals surface area contributed by atoms with Gasteiger partial charge in [-0.2, -0.15) is 13.2 Å². The van der Waals surface area contributed by atoms with E-state index < -0.39 is 27.7 Å². The third kappa shape index (κ3) is 5.44. The number of benzene rings is 2. The lowest BCUT2D eigenvalue weighted by molar-refractivity contribution is -0.137. The summed E-state index contributed by atoms with van der Waals surface area (Å²) in [4.78, 5) is 11.7. The molecule has 0 fully saturated rings. The van der Waals surface area contributed by atoms with Gasteiger partial charge in [0, 0.05) is 11.8 Å². The van der Waals surface area contributed by atoms with Gasteiger partial charge in [0.2, 0.25) is 15.9 Å². The Kier molecular flexibility index (Phi) is 5.29. The van der Waals surface area contributed by atoms with Gasteiger partial charge in [0.15, 0.2) is 0 Å². The number of alkyl halides is 3. The topological polar surface area (TPSA) is 89.3 Å². The normalized spacial score (nSPS) is 12.3. The number of carbonyl (C=O) groups excluding carboxylic acids is 1. The van der Waals surface area contributed by atoms with Crippen molar-refractivity contribution in [2.75, 3.05) is 5.32 Å². The Labute approximate surface area is 142 Å². The number of halogens is 3. The van der Waals surface area contributed by atoms with Crippen LogP contribution in [0.4, 0.5) is 18.9 Å². The average molecular weight is 370 g/mol. The van der Waals surface area contributed by atoms with E-state index in [9.17, 15) is 26.4 Å². The molecule has 0 radical (unpaired) electrons. The summed E-state index contributed by atoms with van der Waals surface area (Å²) in [5.74, 6) is -0.635. The van der Waals surface area contributed by atoms with Crippen LogP contribution in [0.3, 0.4) is 0 Å². The zero-order valence-electron chi connectivity index (χ0n) is 12.6. The van der Waals surface area contributed by atoms with E-state index in [0.717, 1.165) is 18.2 Å². The highest BCUT2D eigenvalue weighted by molar-refractivity contribution is 7.89. The highest BCUT2D eigenvalue weighted by Gasteiger charge is 2.30. The van der Waals surface area contributed by atoms with E-state index in [1.54, 1.807) is 0 Å². The van der Waals surface area contributed by atoms with Gasteiger partial charge < -0.3 is 5.32 Å². The summed E-state index contributed by atoms with van der Waals surface area (Å²) in [5, 5.41) is 7.40. The minimum absolute atomic E-state index is 0.174. The second-order valence-electron chi connectivity index (χ2n) is 5.02. The van der Waals surface area contributed by atoms with E-state index in [4.69, 9.17) is 5.14 Å². The summed E-state index contributed by atoms with van der Waals surface area (Å²) in [6.45, 7) is 0. The quantitative estimate of drug-likeness (QED) is 0.811. The van der Waals surface area contributed by atoms with Crippen molar-refractivity contribution < 1.29 is 26.4 Å². The van der Waals surface area contributed by atoms with Crippen LogP contribution in [0.25, 0.3) is 6.08 Å². The van der Waals surface area contributed by atoms with Crippen LogP contribution in [0.15, 0.2) is 59.5 Å². The first-order valence-corrected chi connectivity index (χ1v) is 8.39. The maximum Gasteiger partial charge on any atom is 0.416 e. The van der Waals surface area contributed by atoms with Gasteiger partial charge in [-0.1, -0.05) is 18.2 Å². The van der Waals surface area contributed by atoms with Crippen molar-refractivity contribution in [1.29, 1.82) is 0 Å². The van der Waals surface area contributed by atoms with Gasteiger partial charge >= 0.3 is 6.18 Å². The molecule has 132 valence electrons. The molecule has 2 aromatic carbocycles. The molecule has 25 heavy (non-hydrogen) atoms. The summed E-state index contributed by atoms with van der Waals surface area (Å²) in [5.41, 5.74) is -0.440. The van der Waals surface area contributed by atoms with Crippen LogP contribution >= 0.6 is 0 Å². The van der Waals surface area contributed by atoms with Gasteiger partial charge in [0.1, 0.15) is 0 Å². The van der Waals surface area contributed by atoms with Crippen molar-refractivity contribution in [2.24, 2.45) is 5.14 Å². The minimum Gasteiger partial charge on any atom is -0.322 e. The number of primary sulfonamides is 1. The molecule has 1 amide bonds. The molecule has 0 aliphatic heterocycles. The maximum absolute atomic E-state index is 12.6. The number of rotatable bonds is 4. The van der Waals surface area contributed by atoms with Crippen molar-refractivity contribution >= 4 is 27.7 Å². The van der Waals surface area contributed by atoms with Crippen molar-refractivity contribution in [3.8, 4) is 0 Å². The maximum atomic E-state index is 12.6. The molecule has 0 saturated carbocycles. The first kappa shape index (κ1) is 18.7. The number of hydrogen-bond acceptors (Lipinski definition) is 3. The van der Waals surface area contributed by atoms with Crippen LogP contribution in [0.5, 0.6) is 0 Å². The molecule has 0 unspecified atom stereocenters. The summed E-state index contributed by atoms with van der Waals surface area (Å²) in [6.07, 6.45) is -2.21. The van der Waals surface area contributed by atoms with Gasteiger partial charge in [-0.15, -0.1) is 0 Å². The molecule has 5 nitrogen and oxygen atoms in total. The summed E-state index contributed by atoms with van der Waals surface area (Å²) in [6, 6.07) is 9.77. The Bertz CT molecular complexity index is 922. The second kappa shape index (κ2) is 7.08. The fourth-order valence-corrected chi connectivity index (χ4v) is 2.48. The van der Waals surface area contributed by atoms with E-state index in [0.29, 0.717) is 0 Å². The molecule has 2 rings (SSSR count). The van der Waals surface area contributed by atoms with Crippen LogP contribution in [-0.4, -0.2) is 14.3 Å². The van der Waals surface area contributed by atoms with Gasteiger partial charge in [0.25, 0.3) is 0 Å². The van der Waals surface area contributed by atoms with E-state index in [1.165, 1.54) is 42.5 Å². The second-order valence-corrected chi connectivity index (χ2v) is 6.58. The largest absolute Gasteiger partial charge is 0.416 e. The molecule has 0 atom stereocenters. The SMILES string of the molecule is NS(=O)(=O)c1cccc(NC(=O)/C=C/c2cccc(C(F)(F)F)c2)c1. The Morgan fingerprint density at radius 3 is 2.40 bits per heavy atom. The summed E-state index contributed by atoms with van der Waals surface area (Å²) >= 11 is 0. The highest BCUT2D eigenvalue weighted by atomic mass is 32.2. The smallest absolute Gasteiger partial charge is 0.322 e. The highest BCUT2D eigenvalue weighted by Crippen LogP contribution is 2.29. The fraction of sp³-hybridized carbons (Fsp3) is 0.0625. The van der Waals surface area contributed by atoms with Gasteiger partial charge in [-0.05, 0) is 42.0 Å². The zero-order valence-corrected chi connectivity index (χ0v) is 13.4. The number of nitrogens with two attached hydrogens (primary N) is 1. The summed E-state index contributed by atoms with van der Waals surface area (Å²) < 4.78 is 60.4. The predicted molar refractivity (Wildman–Crippen MR) is 86.9 cm³/mol. The Morgan fingerprint density at radius 1 is 1.08 bits per heavy atom. The molecule has 0 aliphatic rings. The third-order valence-corrected chi connectivity index (χ3v) is 3.98. The van der Waals surface area contributed by atoms with Crippen LogP contribution in [0.1, 0.15) is 11.1 Å². The number of amides is 1. The van der Waals surface area contributed by atoms with Crippen molar-refractivity contribution in [3.05, 3.63) is 65.7 Å². The minimum atomic E-state index is -4.47. The van der Waals surface area contributed by atoms with E-state index in [1.807, 2.05) is 0 Å². The monoisotopic (exact) mass is 370 g/mol. The molecule has 0 heterocycles. The molecule has 3 N–H and O–H groups in total. The molecular weight excluding hydrogens is 357 g/mol. The Balaban J connectivity index is 2.12. The van der Waals surface area contributed by atoms with Crippen LogP contribution in [-0.2, 0) is 21.0 Å². The van der Waals surface area contributed by atoms with Crippen LogP contribution < -0.4 is 10.5 Å². The predicted octanol–water partition coefficient (Wildman–Crippen LogP) is 3.00. The number of carbonyl (C=O) groups is 1. The molecule has 0 saturated heterocycles. The van der Waals surface area contributed by atoms with Crippen molar-refractivity contribution in [3.63, 3.8) is 0 Å². The standard InChI is InChI=1S/C16H13F3N2O3S/c17-16(18,19)12-4-1-3-11(9-12)7-8-15(22)21-13-5-2-6-14(10-13)25(20,23)24/h1-10H,(H,21,22)(H2,20,23,24)/b8-7+. The lowest BCUT2D eigenvalue weighted by Gasteiger charge is -2.07. The van der Waals surface area contributed by atoms with E-state index in [-0.39, 0.29) is 16.1 Å². The Hall–Kier alpha value is -2.65. The molecule has 9 heteroatoms. The zero-order chi connectivity index (χ0) is 18.7. The van der Waals surface area contributed by atoms with E-state index in [2.05, 4.69) is 5.32 Å². The van der Waals surface area contributed by atoms with Crippen molar-refractivity contribution in [2.45, 2.75) is 11.1 Å². The molecule has 0 aliphatic carbocycles. The first-order valence-electron chi connectivity index (χ1n) is 6.85. The lowest BCUT2D eigenvalue weighted by Crippen LogP contribution is -2.13. The number of anilines is 1. The average Bonchev–Trinajstić information content (AvgIpc) is 2.52. The molecular formula is C16H13F3N2O3S. The Morgan fingerprint density at radius 2 is 1.76 bits per heavy atom. The lowest BCUT2D eigenvalue weighted by atomic mass is 10.1. The van der Waals surface area contributed by atoms with Crippen molar-refractivity contribution in [1.82, 2.24) is 0 Å². The summed E-state index contributed by atoms with van der Waals surface area (Å²) in [7, 11) is -3.91. The van der Waals surface area contributed by atoms with E-state index >= 15 is 0 Å². The number of hydrogen-bond donors (Lipinski definition) is 2. The van der Waals surface area contributed by atoms with Gasteiger partial charge in [0.05, 0.1) is 10.5 Å². The van der Waals surface area contributed by atoms with Crippen LogP contribution in [0.2, 0.25) is 0 Å². The van der Waals surface area contributed by atoms with Gasteiger partial charge in [-0.3, -0.25) is 4.79 Å². The molecule has 0 bridgehead atoms. The first-order chi connectivity index (χ1) is 11.6. The van der Waals surface area contributed by atoms with Crippen LogP contribution in [0, 0.1) is 0 Å². The third-order valence-electron chi connectivity index (χ3n) is 3.07. The number of sulfonamides is 1. The fourth-order valence-electron chi connectivity index (χ4n) is 1.93.